The highest BCUT2D eigenvalue weighted by Gasteiger charge is 2.35. The van der Waals surface area contributed by atoms with Gasteiger partial charge in [-0.25, -0.2) is 34.4 Å². The summed E-state index contributed by atoms with van der Waals surface area (Å²) in [7, 11) is -2.91. The number of hydrogen-bond donors (Lipinski definition) is 1. The molecular formula is C25H26F3N9O3S. The van der Waals surface area contributed by atoms with E-state index >= 15 is 0 Å². The first kappa shape index (κ1) is 28.4. The summed E-state index contributed by atoms with van der Waals surface area (Å²) < 4.78 is 72.8. The van der Waals surface area contributed by atoms with Crippen LogP contribution in [-0.4, -0.2) is 50.0 Å². The quantitative estimate of drug-likeness (QED) is 0.306. The summed E-state index contributed by atoms with van der Waals surface area (Å²) in [5.41, 5.74) is 1.04. The van der Waals surface area contributed by atoms with Crippen LogP contribution in [0.3, 0.4) is 0 Å². The molecule has 0 amide bonds. The van der Waals surface area contributed by atoms with Crippen LogP contribution in [0.15, 0.2) is 43.1 Å². The maximum absolute atomic E-state index is 13.3. The van der Waals surface area contributed by atoms with Gasteiger partial charge < -0.3 is 9.30 Å². The van der Waals surface area contributed by atoms with Crippen LogP contribution < -0.4 is 14.2 Å². The number of aromatic nitrogens is 7. The number of rotatable bonds is 9. The Morgan fingerprint density at radius 2 is 1.76 bits per heavy atom. The van der Waals surface area contributed by atoms with Gasteiger partial charge in [0.05, 0.1) is 19.3 Å². The van der Waals surface area contributed by atoms with Gasteiger partial charge in [0.15, 0.2) is 11.5 Å². The predicted molar refractivity (Wildman–Crippen MR) is 142 cm³/mol. The third kappa shape index (κ3) is 5.97. The molecule has 5 rings (SSSR count). The number of nitrogens with zero attached hydrogens (tertiary/aromatic N) is 8. The van der Waals surface area contributed by atoms with Crippen LogP contribution in [0.1, 0.15) is 55.6 Å². The van der Waals surface area contributed by atoms with Gasteiger partial charge in [-0.05, 0) is 32.3 Å². The fourth-order valence-electron chi connectivity index (χ4n) is 4.28. The molecule has 0 radical (unpaired) electrons. The highest BCUT2D eigenvalue weighted by molar-refractivity contribution is 7.90. The van der Waals surface area contributed by atoms with Gasteiger partial charge in [0.25, 0.3) is 0 Å². The van der Waals surface area contributed by atoms with E-state index in [1.165, 1.54) is 18.0 Å². The molecule has 0 bridgehead atoms. The molecule has 216 valence electrons. The molecule has 16 heteroatoms. The molecule has 0 aliphatic heterocycles. The Bertz CT molecular complexity index is 1670. The zero-order valence-corrected chi connectivity index (χ0v) is 23.1. The lowest BCUT2D eigenvalue weighted by atomic mass is 10.1. The van der Waals surface area contributed by atoms with Crippen molar-refractivity contribution in [3.05, 3.63) is 60.1 Å². The minimum absolute atomic E-state index is 0.124. The fourth-order valence-corrected chi connectivity index (χ4v) is 4.92. The van der Waals surface area contributed by atoms with Crippen LogP contribution in [-0.2, 0) is 22.9 Å². The Morgan fingerprint density at radius 3 is 2.34 bits per heavy atom. The zero-order valence-electron chi connectivity index (χ0n) is 22.2. The van der Waals surface area contributed by atoms with E-state index in [4.69, 9.17) is 9.88 Å². The van der Waals surface area contributed by atoms with E-state index < -0.39 is 22.1 Å². The minimum Gasteiger partial charge on any atom is -0.480 e. The van der Waals surface area contributed by atoms with E-state index in [2.05, 4.69) is 29.9 Å². The van der Waals surface area contributed by atoms with Crippen molar-refractivity contribution in [3.63, 3.8) is 0 Å². The average Bonchev–Trinajstić information content (AvgIpc) is 3.67. The number of methoxy groups -OCH3 is 1. The van der Waals surface area contributed by atoms with Gasteiger partial charge in [0.1, 0.15) is 24.0 Å². The Balaban J connectivity index is 1.47. The summed E-state index contributed by atoms with van der Waals surface area (Å²) in [6, 6.07) is 5.98. The molecule has 1 saturated carbocycles. The average molecular weight is 590 g/mol. The molecule has 0 atom stereocenters. The summed E-state index contributed by atoms with van der Waals surface area (Å²) in [5, 5.41) is 5.54. The number of anilines is 1. The summed E-state index contributed by atoms with van der Waals surface area (Å²) in [6.07, 6.45) is 0.778. The molecule has 0 unspecified atom stereocenters. The highest BCUT2D eigenvalue weighted by atomic mass is 32.2. The molecule has 3 aromatic heterocycles. The number of halogens is 3. The maximum atomic E-state index is 13.3. The van der Waals surface area contributed by atoms with E-state index in [0.29, 0.717) is 22.4 Å². The number of hydrogen-bond acceptors (Lipinski definition) is 9. The standard InChI is InChI=1S/C25H26F3N9O3S/c1-14(2)36-11-18(25(26,27)28)34-22(36)17-6-4-15(5-7-17)10-37(41(29,38)39)24-33-13-31-21(35-24)19-20(16-8-9-16)30-12-32-23(19)40-3/h4-7,11-14,16H,8-10H2,1-3H3,(H2,29,38,39). The number of imidazole rings is 1. The third-order valence-electron chi connectivity index (χ3n) is 6.43. The van der Waals surface area contributed by atoms with Gasteiger partial charge in [0, 0.05) is 23.7 Å². The topological polar surface area (TPSA) is 155 Å². The molecule has 41 heavy (non-hydrogen) atoms. The first-order chi connectivity index (χ1) is 19.4. The second-order valence-electron chi connectivity index (χ2n) is 9.72. The van der Waals surface area contributed by atoms with Gasteiger partial charge >= 0.3 is 16.4 Å². The molecule has 1 fully saturated rings. The van der Waals surface area contributed by atoms with Crippen LogP contribution in [0.2, 0.25) is 0 Å². The molecule has 1 aliphatic carbocycles. The monoisotopic (exact) mass is 589 g/mol. The van der Waals surface area contributed by atoms with Crippen molar-refractivity contribution in [1.82, 2.24) is 34.5 Å². The van der Waals surface area contributed by atoms with Crippen molar-refractivity contribution >= 4 is 16.2 Å². The number of alkyl halides is 3. The van der Waals surface area contributed by atoms with E-state index in [1.807, 2.05) is 0 Å². The first-order valence-corrected chi connectivity index (χ1v) is 14.0. The maximum Gasteiger partial charge on any atom is 0.434 e. The SMILES string of the molecule is COc1ncnc(C2CC2)c1-c1ncnc(N(Cc2ccc(-c3nc(C(F)(F)F)cn3C(C)C)cc2)S(N)(=O)=O)n1. The van der Waals surface area contributed by atoms with Crippen molar-refractivity contribution in [1.29, 1.82) is 0 Å². The Kier molecular flexibility index (Phi) is 7.37. The minimum atomic E-state index is -4.59. The van der Waals surface area contributed by atoms with Crippen LogP contribution in [0.5, 0.6) is 5.88 Å². The van der Waals surface area contributed by atoms with Crippen LogP contribution in [0.4, 0.5) is 19.1 Å². The van der Waals surface area contributed by atoms with Gasteiger partial charge in [-0.1, -0.05) is 24.3 Å². The van der Waals surface area contributed by atoms with Crippen molar-refractivity contribution in [3.8, 4) is 28.7 Å². The molecule has 3 heterocycles. The molecule has 2 N–H and O–H groups in total. The molecule has 4 aromatic rings. The molecule has 12 nitrogen and oxygen atoms in total. The smallest absolute Gasteiger partial charge is 0.434 e. The normalized spacial score (nSPS) is 14.0. The fraction of sp³-hybridized carbons (Fsp3) is 0.360. The van der Waals surface area contributed by atoms with Gasteiger partial charge in [0.2, 0.25) is 11.8 Å². The summed E-state index contributed by atoms with van der Waals surface area (Å²) in [5.74, 6) is 0.451. The van der Waals surface area contributed by atoms with Gasteiger partial charge in [-0.3, -0.25) is 0 Å². The predicted octanol–water partition coefficient (Wildman–Crippen LogP) is 3.89. The van der Waals surface area contributed by atoms with E-state index in [0.717, 1.165) is 29.7 Å². The Morgan fingerprint density at radius 1 is 1.07 bits per heavy atom. The second-order valence-corrected chi connectivity index (χ2v) is 11.2. The van der Waals surface area contributed by atoms with Crippen LogP contribution >= 0.6 is 0 Å². The Hall–Kier alpha value is -4.18. The number of ether oxygens (including phenoxy) is 1. The van der Waals surface area contributed by atoms with E-state index in [9.17, 15) is 21.6 Å². The highest BCUT2D eigenvalue weighted by Crippen LogP contribution is 2.44. The van der Waals surface area contributed by atoms with Crippen molar-refractivity contribution < 1.29 is 26.3 Å². The van der Waals surface area contributed by atoms with Gasteiger partial charge in [-0.2, -0.15) is 26.6 Å². The van der Waals surface area contributed by atoms with Gasteiger partial charge in [-0.15, -0.1) is 0 Å². The third-order valence-corrected chi connectivity index (χ3v) is 7.34. The van der Waals surface area contributed by atoms with Crippen LogP contribution in [0.25, 0.3) is 22.8 Å². The lowest BCUT2D eigenvalue weighted by Gasteiger charge is -2.20. The summed E-state index contributed by atoms with van der Waals surface area (Å²) in [6.45, 7) is 3.24. The zero-order chi connectivity index (χ0) is 29.5. The van der Waals surface area contributed by atoms with Crippen molar-refractivity contribution in [2.75, 3.05) is 11.4 Å². The molecule has 1 aliphatic rings. The second kappa shape index (κ2) is 10.7. The molecule has 1 aromatic carbocycles. The van der Waals surface area contributed by atoms with Crippen molar-refractivity contribution in [2.24, 2.45) is 5.14 Å². The molecule has 0 spiro atoms. The summed E-state index contributed by atoms with van der Waals surface area (Å²) >= 11 is 0. The number of benzene rings is 1. The number of nitrogens with two attached hydrogens (primary N) is 1. The summed E-state index contributed by atoms with van der Waals surface area (Å²) in [4.78, 5) is 24.9. The van der Waals surface area contributed by atoms with Crippen molar-refractivity contribution in [2.45, 2.75) is 51.4 Å². The van der Waals surface area contributed by atoms with E-state index in [-0.39, 0.29) is 42.0 Å². The Labute approximate surface area is 233 Å². The largest absolute Gasteiger partial charge is 0.480 e. The lowest BCUT2D eigenvalue weighted by molar-refractivity contribution is -0.140. The van der Waals surface area contributed by atoms with E-state index in [1.54, 1.807) is 38.1 Å². The lowest BCUT2D eigenvalue weighted by Crippen LogP contribution is -2.37. The molecule has 0 saturated heterocycles. The van der Waals surface area contributed by atoms with Crippen LogP contribution in [0, 0.1) is 0 Å². The molecular weight excluding hydrogens is 563 g/mol. The first-order valence-electron chi connectivity index (χ1n) is 12.5.